The molecule has 2 aromatic carbocycles. The molecule has 0 amide bonds. The lowest BCUT2D eigenvalue weighted by Gasteiger charge is -2.08. The quantitative estimate of drug-likeness (QED) is 0.895. The van der Waals surface area contributed by atoms with Crippen molar-refractivity contribution in [1.82, 2.24) is 0 Å². The number of rotatable bonds is 3. The van der Waals surface area contributed by atoms with Gasteiger partial charge in [-0.2, -0.15) is 0 Å². The van der Waals surface area contributed by atoms with Gasteiger partial charge in [-0.3, -0.25) is 0 Å². The fourth-order valence-electron chi connectivity index (χ4n) is 1.45. The van der Waals surface area contributed by atoms with Crippen molar-refractivity contribution in [2.45, 2.75) is 6.54 Å². The summed E-state index contributed by atoms with van der Waals surface area (Å²) in [6.07, 6.45) is 0. The van der Waals surface area contributed by atoms with Crippen LogP contribution in [0.5, 0.6) is 5.75 Å². The molecule has 0 aliphatic carbocycles. The maximum Gasteiger partial charge on any atom is 0.115 e. The summed E-state index contributed by atoms with van der Waals surface area (Å²) in [5.41, 5.74) is 2.10. The zero-order chi connectivity index (χ0) is 11.4. The van der Waals surface area contributed by atoms with E-state index >= 15 is 0 Å². The molecule has 0 bridgehead atoms. The topological polar surface area (TPSA) is 32.3 Å². The summed E-state index contributed by atoms with van der Waals surface area (Å²) in [5.74, 6) is 0.285. The fourth-order valence-corrected chi connectivity index (χ4v) is 1.84. The van der Waals surface area contributed by atoms with Crippen LogP contribution < -0.4 is 5.32 Å². The number of phenolic OH excluding ortho intramolecular Hbond substituents is 1. The van der Waals surface area contributed by atoms with Crippen LogP contribution in [0.1, 0.15) is 5.56 Å². The average molecular weight is 278 g/mol. The summed E-state index contributed by atoms with van der Waals surface area (Å²) in [4.78, 5) is 0. The standard InChI is InChI=1S/C13H12BrNO/c14-13-7-6-12(16)8-10(13)9-15-11-4-2-1-3-5-11/h1-8,15-16H,9H2. The smallest absolute Gasteiger partial charge is 0.115 e. The van der Waals surface area contributed by atoms with Gasteiger partial charge in [0.1, 0.15) is 5.75 Å². The lowest BCUT2D eigenvalue weighted by molar-refractivity contribution is 0.474. The van der Waals surface area contributed by atoms with E-state index in [0.29, 0.717) is 6.54 Å². The highest BCUT2D eigenvalue weighted by Gasteiger charge is 2.00. The van der Waals surface area contributed by atoms with E-state index in [9.17, 15) is 5.11 Å². The Bertz CT molecular complexity index is 471. The Labute approximate surface area is 103 Å². The van der Waals surface area contributed by atoms with E-state index in [1.165, 1.54) is 0 Å². The van der Waals surface area contributed by atoms with Gasteiger partial charge in [-0.1, -0.05) is 34.1 Å². The molecule has 0 atom stereocenters. The Morgan fingerprint density at radius 3 is 2.56 bits per heavy atom. The number of phenols is 1. The van der Waals surface area contributed by atoms with E-state index in [0.717, 1.165) is 15.7 Å². The van der Waals surface area contributed by atoms with Crippen LogP contribution in [0.4, 0.5) is 5.69 Å². The van der Waals surface area contributed by atoms with Gasteiger partial charge >= 0.3 is 0 Å². The Balaban J connectivity index is 2.08. The average Bonchev–Trinajstić information content (AvgIpc) is 2.32. The van der Waals surface area contributed by atoms with Crippen molar-refractivity contribution in [3.63, 3.8) is 0 Å². The third-order valence-electron chi connectivity index (χ3n) is 2.29. The molecule has 0 aliphatic heterocycles. The summed E-state index contributed by atoms with van der Waals surface area (Å²) < 4.78 is 0.994. The summed E-state index contributed by atoms with van der Waals surface area (Å²) in [6, 6.07) is 15.2. The number of aromatic hydroxyl groups is 1. The normalized spacial score (nSPS) is 10.1. The second-order valence-electron chi connectivity index (χ2n) is 3.50. The second kappa shape index (κ2) is 5.03. The first-order chi connectivity index (χ1) is 7.75. The van der Waals surface area contributed by atoms with Gasteiger partial charge in [0.2, 0.25) is 0 Å². The van der Waals surface area contributed by atoms with Crippen LogP contribution in [-0.2, 0) is 6.54 Å². The molecule has 3 heteroatoms. The minimum Gasteiger partial charge on any atom is -0.508 e. The maximum absolute atomic E-state index is 9.39. The van der Waals surface area contributed by atoms with Gasteiger partial charge in [-0.15, -0.1) is 0 Å². The third-order valence-corrected chi connectivity index (χ3v) is 3.06. The molecule has 0 fully saturated rings. The molecule has 0 heterocycles. The first kappa shape index (κ1) is 11.0. The third kappa shape index (κ3) is 2.76. The van der Waals surface area contributed by atoms with Gasteiger partial charge in [0.05, 0.1) is 0 Å². The molecule has 2 nitrogen and oxygen atoms in total. The van der Waals surface area contributed by atoms with Crippen LogP contribution in [0.25, 0.3) is 0 Å². The SMILES string of the molecule is Oc1ccc(Br)c(CNc2ccccc2)c1. The van der Waals surface area contributed by atoms with Crippen LogP contribution >= 0.6 is 15.9 Å². The first-order valence-electron chi connectivity index (χ1n) is 5.02. The van der Waals surface area contributed by atoms with Crippen LogP contribution in [-0.4, -0.2) is 5.11 Å². The highest BCUT2D eigenvalue weighted by Crippen LogP contribution is 2.22. The first-order valence-corrected chi connectivity index (χ1v) is 5.81. The van der Waals surface area contributed by atoms with E-state index < -0.39 is 0 Å². The number of nitrogens with one attached hydrogen (secondary N) is 1. The fraction of sp³-hybridized carbons (Fsp3) is 0.0769. The van der Waals surface area contributed by atoms with Crippen LogP contribution in [0, 0.1) is 0 Å². The molecule has 0 unspecified atom stereocenters. The van der Waals surface area contributed by atoms with Crippen molar-refractivity contribution in [1.29, 1.82) is 0 Å². The summed E-state index contributed by atoms with van der Waals surface area (Å²) in [7, 11) is 0. The summed E-state index contributed by atoms with van der Waals surface area (Å²) in [6.45, 7) is 0.680. The lowest BCUT2D eigenvalue weighted by atomic mass is 10.2. The van der Waals surface area contributed by atoms with E-state index in [1.54, 1.807) is 12.1 Å². The molecule has 0 radical (unpaired) electrons. The van der Waals surface area contributed by atoms with Gasteiger partial charge in [0.25, 0.3) is 0 Å². The number of hydrogen-bond donors (Lipinski definition) is 2. The highest BCUT2D eigenvalue weighted by atomic mass is 79.9. The lowest BCUT2D eigenvalue weighted by Crippen LogP contribution is -1.99. The molecule has 0 saturated carbocycles. The van der Waals surface area contributed by atoms with Crippen molar-refractivity contribution < 1.29 is 5.11 Å². The van der Waals surface area contributed by atoms with Crippen molar-refractivity contribution in [2.24, 2.45) is 0 Å². The maximum atomic E-state index is 9.39. The van der Waals surface area contributed by atoms with Gasteiger partial charge in [-0.25, -0.2) is 0 Å². The number of hydrogen-bond acceptors (Lipinski definition) is 2. The van der Waals surface area contributed by atoms with Crippen molar-refractivity contribution in [3.05, 3.63) is 58.6 Å². The number of benzene rings is 2. The number of halogens is 1. The van der Waals surface area contributed by atoms with Crippen LogP contribution in [0.3, 0.4) is 0 Å². The Hall–Kier alpha value is -1.48. The zero-order valence-corrected chi connectivity index (χ0v) is 10.2. The second-order valence-corrected chi connectivity index (χ2v) is 4.35. The minimum atomic E-state index is 0.285. The van der Waals surface area contributed by atoms with Crippen molar-refractivity contribution in [3.8, 4) is 5.75 Å². The molecule has 16 heavy (non-hydrogen) atoms. The molecule has 2 rings (SSSR count). The molecular weight excluding hydrogens is 266 g/mol. The predicted octanol–water partition coefficient (Wildman–Crippen LogP) is 3.77. The van der Waals surface area contributed by atoms with Gasteiger partial charge in [0.15, 0.2) is 0 Å². The van der Waals surface area contributed by atoms with E-state index in [2.05, 4.69) is 21.2 Å². The molecule has 0 aliphatic rings. The number of para-hydroxylation sites is 1. The number of anilines is 1. The van der Waals surface area contributed by atoms with Gasteiger partial charge in [0, 0.05) is 16.7 Å². The molecule has 2 N–H and O–H groups in total. The molecule has 82 valence electrons. The van der Waals surface area contributed by atoms with E-state index in [4.69, 9.17) is 0 Å². The molecule has 0 saturated heterocycles. The minimum absolute atomic E-state index is 0.285. The van der Waals surface area contributed by atoms with E-state index in [1.807, 2.05) is 36.4 Å². The molecule has 0 aromatic heterocycles. The molecular formula is C13H12BrNO. The largest absolute Gasteiger partial charge is 0.508 e. The monoisotopic (exact) mass is 277 g/mol. The van der Waals surface area contributed by atoms with Gasteiger partial charge in [-0.05, 0) is 35.9 Å². The van der Waals surface area contributed by atoms with Crippen molar-refractivity contribution in [2.75, 3.05) is 5.32 Å². The summed E-state index contributed by atoms with van der Waals surface area (Å²) in [5, 5.41) is 12.7. The summed E-state index contributed by atoms with van der Waals surface area (Å²) >= 11 is 3.45. The van der Waals surface area contributed by atoms with Crippen LogP contribution in [0.2, 0.25) is 0 Å². The Morgan fingerprint density at radius 1 is 1.06 bits per heavy atom. The predicted molar refractivity (Wildman–Crippen MR) is 69.6 cm³/mol. The Kier molecular flexibility index (Phi) is 3.47. The van der Waals surface area contributed by atoms with E-state index in [-0.39, 0.29) is 5.75 Å². The Morgan fingerprint density at radius 2 is 1.81 bits per heavy atom. The van der Waals surface area contributed by atoms with Crippen LogP contribution in [0.15, 0.2) is 53.0 Å². The van der Waals surface area contributed by atoms with Crippen molar-refractivity contribution >= 4 is 21.6 Å². The van der Waals surface area contributed by atoms with Gasteiger partial charge < -0.3 is 10.4 Å². The highest BCUT2D eigenvalue weighted by molar-refractivity contribution is 9.10. The molecule has 2 aromatic rings. The zero-order valence-electron chi connectivity index (χ0n) is 8.65. The molecule has 0 spiro atoms.